The minimum Gasteiger partial charge on any atom is -0.458 e. The number of aliphatic hydroxyl groups is 1. The standard InChI is InChI=1S/C27H29FO3/c1-17-14-19(8-11-24(17)28)26-22-7-5-4-6-18(22)12-13-27(2,3)23(26)10-9-21-15-20(29)16-25(30)31-21/h4-11,14,20-21,29H,12-13,15-16H2,1-3H3/t20-,21-/m1/s1. The Kier molecular flexibility index (Phi) is 5.85. The number of aryl methyl sites for hydroxylation is 2. The number of aliphatic hydroxyl groups excluding tert-OH is 1. The minimum atomic E-state index is -0.674. The molecule has 2 aliphatic rings. The number of fused-ring (bicyclic) bond motifs is 1. The Hall–Kier alpha value is -2.72. The predicted octanol–water partition coefficient (Wildman–Crippen LogP) is 5.53. The van der Waals surface area contributed by atoms with Gasteiger partial charge in [-0.05, 0) is 76.8 Å². The van der Waals surface area contributed by atoms with Gasteiger partial charge in [0.15, 0.2) is 0 Å². The molecule has 1 heterocycles. The molecule has 1 aliphatic carbocycles. The number of hydrogen-bond donors (Lipinski definition) is 1. The second-order valence-corrected chi connectivity index (χ2v) is 9.27. The van der Waals surface area contributed by atoms with Crippen molar-refractivity contribution in [2.45, 2.75) is 58.7 Å². The summed E-state index contributed by atoms with van der Waals surface area (Å²) in [7, 11) is 0. The molecular weight excluding hydrogens is 391 g/mol. The van der Waals surface area contributed by atoms with Gasteiger partial charge in [0, 0.05) is 6.42 Å². The fourth-order valence-electron chi connectivity index (χ4n) is 4.60. The van der Waals surface area contributed by atoms with E-state index in [-0.39, 0.29) is 23.6 Å². The van der Waals surface area contributed by atoms with Crippen molar-refractivity contribution < 1.29 is 19.0 Å². The molecule has 2 atom stereocenters. The van der Waals surface area contributed by atoms with Crippen molar-refractivity contribution in [3.63, 3.8) is 0 Å². The van der Waals surface area contributed by atoms with E-state index in [0.29, 0.717) is 12.0 Å². The third-order valence-corrected chi connectivity index (χ3v) is 6.42. The van der Waals surface area contributed by atoms with E-state index in [1.807, 2.05) is 30.4 Å². The fourth-order valence-corrected chi connectivity index (χ4v) is 4.60. The van der Waals surface area contributed by atoms with Crippen molar-refractivity contribution in [3.05, 3.63) is 88.3 Å². The van der Waals surface area contributed by atoms with Crippen LogP contribution in [0.4, 0.5) is 4.39 Å². The number of benzene rings is 2. The Morgan fingerprint density at radius 2 is 1.97 bits per heavy atom. The van der Waals surface area contributed by atoms with E-state index in [4.69, 9.17) is 4.74 Å². The van der Waals surface area contributed by atoms with Gasteiger partial charge in [0.05, 0.1) is 12.5 Å². The van der Waals surface area contributed by atoms with Crippen molar-refractivity contribution in [2.24, 2.45) is 5.41 Å². The van der Waals surface area contributed by atoms with Crippen LogP contribution in [-0.2, 0) is 16.0 Å². The molecule has 0 amide bonds. The molecule has 1 fully saturated rings. The molecule has 1 saturated heterocycles. The highest BCUT2D eigenvalue weighted by atomic mass is 19.1. The van der Waals surface area contributed by atoms with Gasteiger partial charge in [-0.3, -0.25) is 4.79 Å². The summed E-state index contributed by atoms with van der Waals surface area (Å²) in [5.41, 5.74) is 6.07. The van der Waals surface area contributed by atoms with Gasteiger partial charge in [-0.25, -0.2) is 4.39 Å². The van der Waals surface area contributed by atoms with Crippen LogP contribution in [0, 0.1) is 18.2 Å². The van der Waals surface area contributed by atoms with E-state index >= 15 is 0 Å². The van der Waals surface area contributed by atoms with Gasteiger partial charge in [0.1, 0.15) is 11.9 Å². The number of allylic oxidation sites excluding steroid dienone is 2. The van der Waals surface area contributed by atoms with Crippen LogP contribution in [0.3, 0.4) is 0 Å². The highest BCUT2D eigenvalue weighted by molar-refractivity contribution is 5.86. The SMILES string of the molecule is Cc1cc(C2=C(C=C[C@@H]3C[C@@H](O)CC(=O)O3)C(C)(C)CCc3ccccc32)ccc1F. The van der Waals surface area contributed by atoms with E-state index < -0.39 is 12.2 Å². The summed E-state index contributed by atoms with van der Waals surface area (Å²) >= 11 is 0. The Morgan fingerprint density at radius 3 is 2.71 bits per heavy atom. The first-order chi connectivity index (χ1) is 14.7. The average molecular weight is 421 g/mol. The zero-order valence-corrected chi connectivity index (χ0v) is 18.3. The van der Waals surface area contributed by atoms with Crippen LogP contribution in [0.25, 0.3) is 5.57 Å². The van der Waals surface area contributed by atoms with Crippen molar-refractivity contribution in [1.29, 1.82) is 0 Å². The van der Waals surface area contributed by atoms with Gasteiger partial charge in [-0.15, -0.1) is 0 Å². The van der Waals surface area contributed by atoms with E-state index in [0.717, 1.165) is 35.1 Å². The maximum absolute atomic E-state index is 14.1. The molecule has 3 nitrogen and oxygen atoms in total. The van der Waals surface area contributed by atoms with Gasteiger partial charge in [-0.2, -0.15) is 0 Å². The Bertz CT molecular complexity index is 1060. The van der Waals surface area contributed by atoms with Crippen LogP contribution in [-0.4, -0.2) is 23.3 Å². The van der Waals surface area contributed by atoms with Crippen LogP contribution < -0.4 is 0 Å². The summed E-state index contributed by atoms with van der Waals surface area (Å²) in [5, 5.41) is 9.97. The molecule has 0 spiro atoms. The highest BCUT2D eigenvalue weighted by Gasteiger charge is 2.31. The molecule has 2 aromatic rings. The van der Waals surface area contributed by atoms with Crippen molar-refractivity contribution in [2.75, 3.05) is 0 Å². The zero-order chi connectivity index (χ0) is 22.2. The van der Waals surface area contributed by atoms with Gasteiger partial charge < -0.3 is 9.84 Å². The Morgan fingerprint density at radius 1 is 1.19 bits per heavy atom. The molecule has 1 N–H and O–H groups in total. The lowest BCUT2D eigenvalue weighted by Crippen LogP contribution is -2.31. The molecule has 4 rings (SSSR count). The Balaban J connectivity index is 1.89. The lowest BCUT2D eigenvalue weighted by molar-refractivity contribution is -0.156. The zero-order valence-electron chi connectivity index (χ0n) is 18.3. The number of rotatable bonds is 3. The van der Waals surface area contributed by atoms with Crippen LogP contribution in [0.15, 0.2) is 60.2 Å². The van der Waals surface area contributed by atoms with Gasteiger partial charge in [-0.1, -0.05) is 50.3 Å². The second-order valence-electron chi connectivity index (χ2n) is 9.27. The van der Waals surface area contributed by atoms with E-state index in [9.17, 15) is 14.3 Å². The quantitative estimate of drug-likeness (QED) is 0.664. The largest absolute Gasteiger partial charge is 0.458 e. The molecule has 4 heteroatoms. The van der Waals surface area contributed by atoms with E-state index in [1.165, 1.54) is 11.6 Å². The molecule has 1 aliphatic heterocycles. The third kappa shape index (κ3) is 4.49. The minimum absolute atomic E-state index is 0.0476. The number of carbonyl (C=O) groups excluding carboxylic acids is 1. The Labute approximate surface area is 183 Å². The van der Waals surface area contributed by atoms with E-state index in [1.54, 1.807) is 6.92 Å². The first kappa shape index (κ1) is 21.5. The van der Waals surface area contributed by atoms with Crippen LogP contribution in [0.5, 0.6) is 0 Å². The average Bonchev–Trinajstić information content (AvgIpc) is 2.82. The number of halogens is 1. The van der Waals surface area contributed by atoms with E-state index in [2.05, 4.69) is 32.0 Å². The first-order valence-electron chi connectivity index (χ1n) is 10.9. The van der Waals surface area contributed by atoms with Crippen molar-refractivity contribution in [1.82, 2.24) is 0 Å². The smallest absolute Gasteiger partial charge is 0.309 e. The number of ether oxygens (including phenoxy) is 1. The molecule has 0 saturated carbocycles. The summed E-state index contributed by atoms with van der Waals surface area (Å²) < 4.78 is 19.5. The lowest BCUT2D eigenvalue weighted by Gasteiger charge is -2.29. The van der Waals surface area contributed by atoms with Crippen LogP contribution in [0.2, 0.25) is 0 Å². The predicted molar refractivity (Wildman–Crippen MR) is 120 cm³/mol. The molecule has 162 valence electrons. The maximum atomic E-state index is 14.1. The summed E-state index contributed by atoms with van der Waals surface area (Å²) in [6.07, 6.45) is 5.17. The fraction of sp³-hybridized carbons (Fsp3) is 0.370. The summed E-state index contributed by atoms with van der Waals surface area (Å²) in [5.74, 6) is -0.590. The van der Waals surface area contributed by atoms with Crippen molar-refractivity contribution in [3.8, 4) is 0 Å². The molecule has 0 bridgehead atoms. The summed E-state index contributed by atoms with van der Waals surface area (Å²) in [6, 6.07) is 13.7. The lowest BCUT2D eigenvalue weighted by atomic mass is 9.77. The first-order valence-corrected chi connectivity index (χ1v) is 10.9. The number of cyclic esters (lactones) is 1. The number of hydrogen-bond acceptors (Lipinski definition) is 3. The summed E-state index contributed by atoms with van der Waals surface area (Å²) in [6.45, 7) is 6.22. The molecule has 0 aromatic heterocycles. The molecule has 31 heavy (non-hydrogen) atoms. The maximum Gasteiger partial charge on any atom is 0.309 e. The number of esters is 1. The topological polar surface area (TPSA) is 46.5 Å². The van der Waals surface area contributed by atoms with Gasteiger partial charge >= 0.3 is 5.97 Å². The summed E-state index contributed by atoms with van der Waals surface area (Å²) in [4.78, 5) is 11.8. The van der Waals surface area contributed by atoms with Gasteiger partial charge in [0.2, 0.25) is 0 Å². The molecule has 0 unspecified atom stereocenters. The molecule has 2 aromatic carbocycles. The molecular formula is C27H29FO3. The third-order valence-electron chi connectivity index (χ3n) is 6.42. The highest BCUT2D eigenvalue weighted by Crippen LogP contribution is 2.45. The number of carbonyl (C=O) groups is 1. The van der Waals surface area contributed by atoms with Gasteiger partial charge in [0.25, 0.3) is 0 Å². The monoisotopic (exact) mass is 420 g/mol. The van der Waals surface area contributed by atoms with Crippen molar-refractivity contribution >= 4 is 11.5 Å². The normalized spacial score (nSPS) is 23.5. The van der Waals surface area contributed by atoms with Crippen LogP contribution >= 0.6 is 0 Å². The second kappa shape index (κ2) is 8.43. The van der Waals surface area contributed by atoms with Crippen LogP contribution in [0.1, 0.15) is 55.4 Å². The molecule has 0 radical (unpaired) electrons.